The fraction of sp³-hybridized carbons (Fsp3) is 0.318. The summed E-state index contributed by atoms with van der Waals surface area (Å²) in [5, 5.41) is 6.44. The quantitative estimate of drug-likeness (QED) is 0.612. The van der Waals surface area contributed by atoms with E-state index in [-0.39, 0.29) is 12.1 Å². The van der Waals surface area contributed by atoms with Crippen molar-refractivity contribution in [2.45, 2.75) is 32.8 Å². The molecule has 1 atom stereocenters. The van der Waals surface area contributed by atoms with E-state index >= 15 is 0 Å². The Morgan fingerprint density at radius 1 is 0.862 bits per heavy atom. The minimum Gasteiger partial charge on any atom is -0.461 e. The van der Waals surface area contributed by atoms with E-state index in [1.165, 1.54) is 11.1 Å². The van der Waals surface area contributed by atoms with Crippen molar-refractivity contribution in [3.63, 3.8) is 0 Å². The molecule has 2 heterocycles. The first-order chi connectivity index (χ1) is 14.1. The average Bonchev–Trinajstić information content (AvgIpc) is 3.24. The number of ether oxygens (including phenoxy) is 2. The number of rotatable bonds is 7. The highest BCUT2D eigenvalue weighted by molar-refractivity contribution is 5.58. The highest BCUT2D eigenvalue weighted by Crippen LogP contribution is 2.21. The molecule has 0 spiro atoms. The SMILES string of the molecule is Cc1ccc(Nc2nc(Nc3ccc(C)cc3)nc(OCC3CCCO3)n2)cc1. The molecule has 4 rings (SSSR count). The van der Waals surface area contributed by atoms with Crippen LogP contribution in [-0.4, -0.2) is 34.3 Å². The molecule has 1 aliphatic heterocycles. The van der Waals surface area contributed by atoms with Gasteiger partial charge in [-0.25, -0.2) is 0 Å². The van der Waals surface area contributed by atoms with Gasteiger partial charge in [-0.05, 0) is 51.0 Å². The number of nitrogens with one attached hydrogen (secondary N) is 2. The lowest BCUT2D eigenvalue weighted by Crippen LogP contribution is -2.18. The number of aryl methyl sites for hydroxylation is 2. The Bertz CT molecular complexity index is 873. The Morgan fingerprint density at radius 3 is 1.90 bits per heavy atom. The summed E-state index contributed by atoms with van der Waals surface area (Å²) < 4.78 is 11.4. The summed E-state index contributed by atoms with van der Waals surface area (Å²) in [5.74, 6) is 0.835. The van der Waals surface area contributed by atoms with Crippen LogP contribution in [0.5, 0.6) is 6.01 Å². The van der Waals surface area contributed by atoms with Gasteiger partial charge in [0, 0.05) is 18.0 Å². The molecule has 2 aromatic carbocycles. The maximum Gasteiger partial charge on any atom is 0.323 e. The van der Waals surface area contributed by atoms with Crippen molar-refractivity contribution in [1.29, 1.82) is 0 Å². The van der Waals surface area contributed by atoms with Crippen LogP contribution in [-0.2, 0) is 4.74 Å². The normalized spacial score (nSPS) is 15.9. The zero-order chi connectivity index (χ0) is 20.1. The van der Waals surface area contributed by atoms with Crippen molar-refractivity contribution >= 4 is 23.3 Å². The molecule has 7 heteroatoms. The van der Waals surface area contributed by atoms with Gasteiger partial charge < -0.3 is 20.1 Å². The van der Waals surface area contributed by atoms with Gasteiger partial charge in [-0.3, -0.25) is 0 Å². The van der Waals surface area contributed by atoms with Crippen molar-refractivity contribution < 1.29 is 9.47 Å². The van der Waals surface area contributed by atoms with E-state index < -0.39 is 0 Å². The van der Waals surface area contributed by atoms with Crippen LogP contribution < -0.4 is 15.4 Å². The van der Waals surface area contributed by atoms with Gasteiger partial charge in [0.2, 0.25) is 11.9 Å². The average molecular weight is 391 g/mol. The van der Waals surface area contributed by atoms with Gasteiger partial charge in [0.1, 0.15) is 6.61 Å². The van der Waals surface area contributed by atoms with Crippen molar-refractivity contribution in [1.82, 2.24) is 15.0 Å². The summed E-state index contributed by atoms with van der Waals surface area (Å²) in [5.41, 5.74) is 4.17. The van der Waals surface area contributed by atoms with E-state index in [4.69, 9.17) is 9.47 Å². The van der Waals surface area contributed by atoms with Gasteiger partial charge in [0.15, 0.2) is 0 Å². The zero-order valence-corrected chi connectivity index (χ0v) is 16.7. The Kier molecular flexibility index (Phi) is 5.86. The molecule has 29 heavy (non-hydrogen) atoms. The summed E-state index contributed by atoms with van der Waals surface area (Å²) in [4.78, 5) is 13.3. The molecule has 7 nitrogen and oxygen atoms in total. The van der Waals surface area contributed by atoms with Crippen LogP contribution in [0, 0.1) is 13.8 Å². The molecule has 1 aliphatic rings. The lowest BCUT2D eigenvalue weighted by Gasteiger charge is -2.13. The topological polar surface area (TPSA) is 81.2 Å². The minimum absolute atomic E-state index is 0.0915. The van der Waals surface area contributed by atoms with Crippen LogP contribution in [0.1, 0.15) is 24.0 Å². The Morgan fingerprint density at radius 2 is 1.41 bits per heavy atom. The van der Waals surface area contributed by atoms with Gasteiger partial charge in [-0.2, -0.15) is 15.0 Å². The molecule has 0 aliphatic carbocycles. The van der Waals surface area contributed by atoms with Gasteiger partial charge in [-0.15, -0.1) is 0 Å². The number of hydrogen-bond donors (Lipinski definition) is 2. The molecule has 0 amide bonds. The zero-order valence-electron chi connectivity index (χ0n) is 16.7. The standard InChI is InChI=1S/C22H25N5O2/c1-15-5-9-17(10-6-15)23-20-25-21(24-18-11-7-16(2)8-12-18)27-22(26-20)29-14-19-4-3-13-28-19/h5-12,19H,3-4,13-14H2,1-2H3,(H2,23,24,25,26,27). The van der Waals surface area contributed by atoms with E-state index in [9.17, 15) is 0 Å². The van der Waals surface area contributed by atoms with Gasteiger partial charge in [0.25, 0.3) is 0 Å². The molecule has 150 valence electrons. The molecule has 1 unspecified atom stereocenters. The summed E-state index contributed by atoms with van der Waals surface area (Å²) >= 11 is 0. The number of hydrogen-bond acceptors (Lipinski definition) is 7. The van der Waals surface area contributed by atoms with Crippen LogP contribution >= 0.6 is 0 Å². The van der Waals surface area contributed by atoms with E-state index in [1.54, 1.807) is 0 Å². The van der Waals surface area contributed by atoms with Gasteiger partial charge in [-0.1, -0.05) is 35.4 Å². The fourth-order valence-corrected chi connectivity index (χ4v) is 3.01. The summed E-state index contributed by atoms with van der Waals surface area (Å²) in [7, 11) is 0. The lowest BCUT2D eigenvalue weighted by molar-refractivity contribution is 0.0645. The molecule has 0 bridgehead atoms. The summed E-state index contributed by atoms with van der Waals surface area (Å²) in [6, 6.07) is 16.3. The van der Waals surface area contributed by atoms with E-state index in [0.29, 0.717) is 18.5 Å². The number of anilines is 4. The molecular weight excluding hydrogens is 366 g/mol. The number of nitrogens with zero attached hydrogens (tertiary/aromatic N) is 3. The highest BCUT2D eigenvalue weighted by atomic mass is 16.5. The van der Waals surface area contributed by atoms with E-state index in [0.717, 1.165) is 30.8 Å². The van der Waals surface area contributed by atoms with E-state index in [1.807, 2.05) is 62.4 Å². The Balaban J connectivity index is 1.55. The number of benzene rings is 2. The molecular formula is C22H25N5O2. The predicted molar refractivity (Wildman–Crippen MR) is 113 cm³/mol. The second-order valence-corrected chi connectivity index (χ2v) is 7.19. The first-order valence-corrected chi connectivity index (χ1v) is 9.82. The smallest absolute Gasteiger partial charge is 0.323 e. The van der Waals surface area contributed by atoms with E-state index in [2.05, 4.69) is 25.6 Å². The molecule has 2 N–H and O–H groups in total. The minimum atomic E-state index is 0.0915. The van der Waals surface area contributed by atoms with Gasteiger partial charge in [0.05, 0.1) is 6.10 Å². The van der Waals surface area contributed by atoms with Gasteiger partial charge >= 0.3 is 6.01 Å². The van der Waals surface area contributed by atoms with Crippen molar-refractivity contribution in [3.05, 3.63) is 59.7 Å². The van der Waals surface area contributed by atoms with Crippen LogP contribution in [0.3, 0.4) is 0 Å². The molecule has 1 fully saturated rings. The van der Waals surface area contributed by atoms with Crippen LogP contribution in [0.4, 0.5) is 23.3 Å². The van der Waals surface area contributed by atoms with Crippen molar-refractivity contribution in [2.75, 3.05) is 23.8 Å². The lowest BCUT2D eigenvalue weighted by atomic mass is 10.2. The van der Waals surface area contributed by atoms with Crippen molar-refractivity contribution in [3.8, 4) is 6.01 Å². The first kappa shape index (κ1) is 19.1. The second-order valence-electron chi connectivity index (χ2n) is 7.19. The first-order valence-electron chi connectivity index (χ1n) is 9.82. The predicted octanol–water partition coefficient (Wildman–Crippen LogP) is 4.53. The number of aromatic nitrogens is 3. The third-order valence-corrected chi connectivity index (χ3v) is 4.65. The van der Waals surface area contributed by atoms with Crippen LogP contribution in [0.2, 0.25) is 0 Å². The summed E-state index contributed by atoms with van der Waals surface area (Å²) in [6.07, 6.45) is 2.15. The third kappa shape index (κ3) is 5.42. The highest BCUT2D eigenvalue weighted by Gasteiger charge is 2.17. The third-order valence-electron chi connectivity index (χ3n) is 4.65. The fourth-order valence-electron chi connectivity index (χ4n) is 3.01. The maximum absolute atomic E-state index is 5.82. The monoisotopic (exact) mass is 391 g/mol. The molecule has 0 radical (unpaired) electrons. The Labute approximate surface area is 170 Å². The summed E-state index contributed by atoms with van der Waals surface area (Å²) in [6.45, 7) is 5.31. The molecule has 1 saturated heterocycles. The van der Waals surface area contributed by atoms with Crippen LogP contribution in [0.15, 0.2) is 48.5 Å². The Hall–Kier alpha value is -3.19. The molecule has 0 saturated carbocycles. The van der Waals surface area contributed by atoms with Crippen molar-refractivity contribution in [2.24, 2.45) is 0 Å². The maximum atomic E-state index is 5.82. The molecule has 1 aromatic heterocycles. The van der Waals surface area contributed by atoms with Crippen LogP contribution in [0.25, 0.3) is 0 Å². The second kappa shape index (κ2) is 8.87. The largest absolute Gasteiger partial charge is 0.461 e. The molecule has 3 aromatic rings.